The van der Waals surface area contributed by atoms with E-state index < -0.39 is 268 Å². The molecule has 5 saturated heterocycles. The van der Waals surface area contributed by atoms with E-state index in [0.29, 0.717) is 7.11 Å². The predicted octanol–water partition coefficient (Wildman–Crippen LogP) is -49.1. The number of carbonyl (C=O) groups is 2. The van der Waals surface area contributed by atoms with Crippen molar-refractivity contribution in [2.24, 2.45) is 0 Å². The minimum Gasteiger partial charge on any atom is -0.735 e. The Bertz CT molecular complexity index is 3530. The molecule has 0 spiro atoms. The average molecular weight is 1730 g/mol. The maximum Gasteiger partial charge on any atom is 1.00 e. The smallest absolute Gasteiger partial charge is 0.735 e. The molecular weight excluding hydrogens is 1690 g/mol. The number of hydrogen-bond donors (Lipinski definition) is 9. The van der Waals surface area contributed by atoms with Crippen LogP contribution < -0.4 is 320 Å². The first-order chi connectivity index (χ1) is 41.2. The number of aliphatic hydroxyl groups is 6. The molecule has 101 heavy (non-hydrogen) atoms. The SMILES string of the molecule is COC1O[C@H](COS(=O)(=O)[O-])[C@@H](O[C@@H]2O[C@@H](C(=O)[O-])[C@@H](OC3O[C@H](COS(=O)(=O)[O-])[C@@H](O[C@@H]4O[C@H](C(=O)[O-])[C@@H](O[13CH]5O[13C@H]([13CH2]OS(=O)(=O)[O-])[13C@@H](O)[13C@H](O)[13C@H]5NS(=O)(=O)[O-])C(O)[C@H]4O)[C@H](OS(=O)(=O)[O-])[C@H]3NS(=O)(=O)[O-])[C@H](O)[C@H]2OS(=O)(=O)[O-])C(O)[C@H]1NS(=O)(=O)[O-].[Na+].[Na+].[Na+].[Na+].[Na+].[Na+].[Na+].[Na+].[Na+].[Na+]. The molecule has 9 N–H and O–H groups in total. The van der Waals surface area contributed by atoms with Crippen molar-refractivity contribution in [2.45, 2.75) is 153 Å². The molecule has 52 nitrogen and oxygen atoms in total. The minimum absolute atomic E-state index is 0. The van der Waals surface area contributed by atoms with Gasteiger partial charge >= 0.3 is 296 Å². The van der Waals surface area contributed by atoms with Gasteiger partial charge in [-0.1, -0.05) is 0 Å². The molecule has 0 radical (unpaired) electrons. The number of rotatable bonds is 30. The van der Waals surface area contributed by atoms with E-state index in [1.165, 1.54) is 4.72 Å². The Morgan fingerprint density at radius 3 is 1.04 bits per heavy atom. The molecule has 5 aliphatic rings. The Labute approximate surface area is 793 Å². The van der Waals surface area contributed by atoms with E-state index in [1.807, 2.05) is 0 Å². The van der Waals surface area contributed by atoms with Crippen molar-refractivity contribution in [3.63, 3.8) is 0 Å². The van der Waals surface area contributed by atoms with Crippen LogP contribution in [-0.4, -0.2) is 327 Å². The van der Waals surface area contributed by atoms with Crippen LogP contribution in [0.2, 0.25) is 0 Å². The van der Waals surface area contributed by atoms with E-state index in [2.05, 4.69) is 20.9 Å². The second kappa shape index (κ2) is 49.0. The fourth-order valence-corrected chi connectivity index (χ4v) is 12.6. The summed E-state index contributed by atoms with van der Waals surface area (Å²) in [4.78, 5) is 25.5. The van der Waals surface area contributed by atoms with Crippen molar-refractivity contribution in [2.75, 3.05) is 26.9 Å². The van der Waals surface area contributed by atoms with Crippen LogP contribution in [0, 0.1) is 0 Å². The van der Waals surface area contributed by atoms with Gasteiger partial charge in [0.05, 0.1) is 31.8 Å². The van der Waals surface area contributed by atoms with Gasteiger partial charge in [0.25, 0.3) is 0 Å². The fraction of sp³-hybridized carbons (Fsp3) is 0.935. The van der Waals surface area contributed by atoms with Gasteiger partial charge in [0.15, 0.2) is 68.5 Å². The second-order valence-corrected chi connectivity index (χ2v) is 27.1. The molecule has 534 valence electrons. The largest absolute Gasteiger partial charge is 1.00 e. The Balaban J connectivity index is -0.00000226. The van der Waals surface area contributed by atoms with Crippen LogP contribution in [0.1, 0.15) is 0 Å². The van der Waals surface area contributed by atoms with E-state index in [1.54, 1.807) is 0 Å². The van der Waals surface area contributed by atoms with Crippen LogP contribution in [0.4, 0.5) is 0 Å². The summed E-state index contributed by atoms with van der Waals surface area (Å²) in [6.45, 7) is -5.44. The molecule has 70 heteroatoms. The number of carboxylic acid groups (broad SMARTS) is 2. The molecule has 0 saturated carbocycles. The van der Waals surface area contributed by atoms with Crippen molar-refractivity contribution in [3.8, 4) is 0 Å². The van der Waals surface area contributed by atoms with Crippen molar-refractivity contribution < 1.29 is 518 Å². The molecule has 5 aliphatic heterocycles. The summed E-state index contributed by atoms with van der Waals surface area (Å²) >= 11 is 0. The van der Waals surface area contributed by atoms with Crippen molar-refractivity contribution in [3.05, 3.63) is 0 Å². The molecule has 0 amide bonds. The van der Waals surface area contributed by atoms with Crippen LogP contribution >= 0.6 is 0 Å². The summed E-state index contributed by atoms with van der Waals surface area (Å²) in [7, 11) is -48.4. The molecule has 0 aliphatic carbocycles. The molecular formula is C31H43N3Na10O49S8. The van der Waals surface area contributed by atoms with Gasteiger partial charge in [-0.2, -0.15) is 0 Å². The second-order valence-electron chi connectivity index (χ2n) is 18.5. The van der Waals surface area contributed by atoms with Crippen molar-refractivity contribution in [1.29, 1.82) is 0 Å². The van der Waals surface area contributed by atoms with Gasteiger partial charge < -0.3 is 134 Å². The van der Waals surface area contributed by atoms with Crippen LogP contribution in [0.3, 0.4) is 0 Å². The Hall–Kier alpha value is 7.26. The first-order valence-corrected chi connectivity index (χ1v) is 34.3. The number of ether oxygens (including phenoxy) is 10. The molecule has 5 heterocycles. The van der Waals surface area contributed by atoms with Crippen molar-refractivity contribution in [1.82, 2.24) is 14.2 Å². The fourth-order valence-electron chi connectivity index (χ4n) is 8.93. The van der Waals surface area contributed by atoms with Gasteiger partial charge in [-0.15, -0.1) is 0 Å². The molecule has 0 aromatic rings. The average Bonchev–Trinajstić information content (AvgIpc) is 0.764. The number of methoxy groups -OCH3 is 1. The molecule has 25 atom stereocenters. The number of aliphatic hydroxyl groups excluding tert-OH is 6. The van der Waals surface area contributed by atoms with Gasteiger partial charge in [0.2, 0.25) is 52.0 Å². The molecule has 0 bridgehead atoms. The third-order valence-corrected chi connectivity index (χ3v) is 16.2. The van der Waals surface area contributed by atoms with Gasteiger partial charge in [0.1, 0.15) is 116 Å². The molecule has 5 unspecified atom stereocenters. The first kappa shape index (κ1) is 119. The molecule has 5 fully saturated rings. The zero-order chi connectivity index (χ0) is 69.4. The Morgan fingerprint density at radius 2 is 0.653 bits per heavy atom. The number of carboxylic acids is 2. The Morgan fingerprint density at radius 1 is 0.337 bits per heavy atom. The topological polar surface area (TPSA) is 834 Å². The van der Waals surface area contributed by atoms with E-state index in [-0.39, 0.29) is 296 Å². The van der Waals surface area contributed by atoms with Crippen molar-refractivity contribution >= 4 is 94.8 Å². The number of aliphatic carboxylic acids is 2. The quantitative estimate of drug-likeness (QED) is 0.0140. The monoisotopic (exact) mass is 1730 g/mol. The Kier molecular flexibility index (Phi) is 57.7. The van der Waals surface area contributed by atoms with Crippen LogP contribution in [0.25, 0.3) is 0 Å². The van der Waals surface area contributed by atoms with Gasteiger partial charge in [0, 0.05) is 7.11 Å². The van der Waals surface area contributed by atoms with Crippen LogP contribution in [0.5, 0.6) is 0 Å². The normalized spacial score (nSPS) is 34.8. The summed E-state index contributed by atoms with van der Waals surface area (Å²) in [5.74, 6) is -5.54. The van der Waals surface area contributed by atoms with Crippen LogP contribution in [-0.2, 0) is 161 Å². The zero-order valence-corrected chi connectivity index (χ0v) is 80.1. The maximum absolute atomic E-state index is 12.8. The minimum atomic E-state index is -6.68. The third-order valence-electron chi connectivity index (χ3n) is 12.4. The molecule has 0 aromatic heterocycles. The summed E-state index contributed by atoms with van der Waals surface area (Å²) in [5.41, 5.74) is 0. The standard InChI is InChI=1S/C31H53N3O49S8.10Na/c1-69-27-9(33-85(48,49)50)13(37)17(6(74-27)3-71-88(57,58)59)76-31-22(83-91(66,67)68)16(40)21(24(81-31)26(43)44)79-29-10(34-86(51,52)53)19(82-90(63,64)65)18(7(75-29)4-72-89(60,61)62)77-30-15(39)14(38)20(23(80-30)25(41)42)78-28-8(32-84(45,46)47)12(36)11(35)5(73-28)2-70-87(54,55)56;;;;;;;;;;/h5-24,27-40H,2-4H2,1H3,(H,41,42)(H,43,44)(H,45,46,47)(H,48,49,50)(H,51,52,53)(H,54,55,56)(H,57,58,59)(H,60,61,62)(H,63,64,65)(H,66,67,68);;;;;;;;;;/q;10*+1/p-10/t5-,6-,7-,8-,9-,10-,11-,12-,13?,14?,15-,16+,17-,18-,19-,20+,21+,22-,23+,24-,27?,28?,29?,30-,31-;;;;;;;;;;/m1........../s1/i2+1,5+1,8+1,11+1,12+1,28+1;;;;;;;;;;. The van der Waals surface area contributed by atoms with Gasteiger partial charge in [-0.25, -0.2) is 81.5 Å². The van der Waals surface area contributed by atoms with Gasteiger partial charge in [-0.3, -0.25) is 20.9 Å². The summed E-state index contributed by atoms with van der Waals surface area (Å²) < 4.78 is 359. The summed E-state index contributed by atoms with van der Waals surface area (Å²) in [6.07, 6.45) is -66.6. The third kappa shape index (κ3) is 38.3. The van der Waals surface area contributed by atoms with E-state index in [9.17, 15) is 154 Å². The number of hydrogen-bond acceptors (Lipinski definition) is 49. The predicted molar refractivity (Wildman–Crippen MR) is 242 cm³/mol. The number of nitrogens with one attached hydrogen (secondary N) is 3. The van der Waals surface area contributed by atoms with E-state index in [0.717, 1.165) is 9.44 Å². The zero-order valence-electron chi connectivity index (χ0n) is 53.6. The van der Waals surface area contributed by atoms with E-state index in [4.69, 9.17) is 47.4 Å². The molecule has 0 aromatic carbocycles. The number of carbonyl (C=O) groups excluding carboxylic acids is 2. The first-order valence-electron chi connectivity index (χ1n) is 23.4. The van der Waals surface area contributed by atoms with E-state index >= 15 is 0 Å². The summed E-state index contributed by atoms with van der Waals surface area (Å²) in [5, 5.41) is 92.1. The molecule has 5 rings (SSSR count). The van der Waals surface area contributed by atoms with Gasteiger partial charge in [-0.05, 0) is 0 Å². The van der Waals surface area contributed by atoms with Crippen LogP contribution in [0.15, 0.2) is 0 Å². The maximum atomic E-state index is 12.8. The summed E-state index contributed by atoms with van der Waals surface area (Å²) in [6, 6.07) is -8.60.